The van der Waals surface area contributed by atoms with E-state index in [1.807, 2.05) is 0 Å². The molecule has 0 aromatic carbocycles. The van der Waals surface area contributed by atoms with Crippen molar-refractivity contribution in [2.75, 3.05) is 0 Å². The Morgan fingerprint density at radius 2 is 1.08 bits per heavy atom. The van der Waals surface area contributed by atoms with Crippen LogP contribution >= 0.6 is 0 Å². The summed E-state index contributed by atoms with van der Waals surface area (Å²) in [7, 11) is 0. The van der Waals surface area contributed by atoms with Crippen molar-refractivity contribution in [3.63, 3.8) is 0 Å². The van der Waals surface area contributed by atoms with Crippen LogP contribution in [0.3, 0.4) is 0 Å². The molecule has 0 amide bonds. The minimum Gasteiger partial charge on any atom is -0.307 e. The van der Waals surface area contributed by atoms with Gasteiger partial charge in [-0.3, -0.25) is 0 Å². The van der Waals surface area contributed by atoms with Crippen LogP contribution < -0.4 is 10.6 Å². The van der Waals surface area contributed by atoms with E-state index in [4.69, 9.17) is 0 Å². The predicted octanol–water partition coefficient (Wildman–Crippen LogP) is 10.4. The molecule has 38 heavy (non-hydrogen) atoms. The molecule has 0 aliphatic carbocycles. The fraction of sp³-hybridized carbons (Fsp3) is 0.889. The number of hydrogen-bond donors (Lipinski definition) is 2. The lowest BCUT2D eigenvalue weighted by molar-refractivity contribution is 0.126. The minimum atomic E-state index is 0.229. The normalized spacial score (nSPS) is 23.9. The summed E-state index contributed by atoms with van der Waals surface area (Å²) in [6, 6.07) is 0. The number of nitrogens with one attached hydrogen (secondary N) is 2. The first-order valence-corrected chi connectivity index (χ1v) is 16.3. The molecule has 0 aromatic rings. The van der Waals surface area contributed by atoms with Gasteiger partial charge in [0.05, 0.1) is 0 Å². The van der Waals surface area contributed by atoms with E-state index < -0.39 is 0 Å². The SMILES string of the molecule is C=C(CCCCCCCC(CC(C)C)C(=C)CC1CC(C)(C)NC(C)(C)C1)CC1CC(C)(C)NC(C)(C)C1. The first-order chi connectivity index (χ1) is 17.4. The number of rotatable bonds is 15. The van der Waals surface area contributed by atoms with Gasteiger partial charge in [0.15, 0.2) is 0 Å². The van der Waals surface area contributed by atoms with Crippen LogP contribution in [0.5, 0.6) is 0 Å². The molecular formula is C36H68N2. The highest BCUT2D eigenvalue weighted by Gasteiger charge is 2.38. The molecular weight excluding hydrogens is 460 g/mol. The Morgan fingerprint density at radius 1 is 0.658 bits per heavy atom. The molecule has 0 saturated carbocycles. The van der Waals surface area contributed by atoms with Crippen molar-refractivity contribution in [1.29, 1.82) is 0 Å². The first-order valence-electron chi connectivity index (χ1n) is 16.3. The van der Waals surface area contributed by atoms with Crippen molar-refractivity contribution < 1.29 is 0 Å². The Kier molecular flexibility index (Phi) is 12.2. The Bertz CT molecular complexity index is 721. The van der Waals surface area contributed by atoms with E-state index in [1.165, 1.54) is 101 Å². The second-order valence-corrected chi connectivity index (χ2v) is 16.8. The Hall–Kier alpha value is -0.600. The molecule has 2 heteroatoms. The van der Waals surface area contributed by atoms with Gasteiger partial charge in [0.25, 0.3) is 0 Å². The van der Waals surface area contributed by atoms with Gasteiger partial charge in [-0.05, 0) is 143 Å². The highest BCUT2D eigenvalue weighted by molar-refractivity contribution is 5.07. The molecule has 2 saturated heterocycles. The zero-order chi connectivity index (χ0) is 28.8. The number of allylic oxidation sites excluding steroid dienone is 2. The fourth-order valence-electron chi connectivity index (χ4n) is 8.76. The lowest BCUT2D eigenvalue weighted by Crippen LogP contribution is -2.57. The third-order valence-electron chi connectivity index (χ3n) is 9.09. The fourth-order valence-corrected chi connectivity index (χ4v) is 8.76. The predicted molar refractivity (Wildman–Crippen MR) is 171 cm³/mol. The third kappa shape index (κ3) is 12.7. The molecule has 2 aliphatic rings. The summed E-state index contributed by atoms with van der Waals surface area (Å²) in [4.78, 5) is 0. The molecule has 1 atom stereocenters. The standard InChI is InChI=1S/C36H68N2/c1-27(2)20-32(29(4)22-31-25-35(9,10)38-36(11,12)26-31)19-17-15-13-14-16-18-28(3)21-30-23-33(5,6)37-34(7,8)24-30/h27,30-32,37-38H,3-4,13-26H2,1-2,5-12H3. The summed E-state index contributed by atoms with van der Waals surface area (Å²) < 4.78 is 0. The quantitative estimate of drug-likeness (QED) is 0.163. The van der Waals surface area contributed by atoms with Crippen molar-refractivity contribution in [2.24, 2.45) is 23.7 Å². The lowest BCUT2D eigenvalue weighted by Gasteiger charge is -2.47. The summed E-state index contributed by atoms with van der Waals surface area (Å²) in [6.45, 7) is 32.9. The Balaban J connectivity index is 1.68. The summed E-state index contributed by atoms with van der Waals surface area (Å²) >= 11 is 0. The largest absolute Gasteiger partial charge is 0.307 e. The molecule has 0 aromatic heterocycles. The molecule has 0 radical (unpaired) electrons. The van der Waals surface area contributed by atoms with Crippen LogP contribution in [0.2, 0.25) is 0 Å². The second kappa shape index (κ2) is 13.8. The van der Waals surface area contributed by atoms with Gasteiger partial charge in [0.1, 0.15) is 0 Å². The van der Waals surface area contributed by atoms with E-state index in [1.54, 1.807) is 0 Å². The van der Waals surface area contributed by atoms with E-state index in [0.717, 1.165) is 17.8 Å². The molecule has 0 bridgehead atoms. The van der Waals surface area contributed by atoms with Crippen LogP contribution in [0.25, 0.3) is 0 Å². The maximum absolute atomic E-state index is 4.68. The van der Waals surface area contributed by atoms with Gasteiger partial charge in [-0.25, -0.2) is 0 Å². The highest BCUT2D eigenvalue weighted by atomic mass is 15.1. The number of hydrogen-bond acceptors (Lipinski definition) is 2. The van der Waals surface area contributed by atoms with Crippen molar-refractivity contribution in [3.8, 4) is 0 Å². The Morgan fingerprint density at radius 3 is 1.55 bits per heavy atom. The van der Waals surface area contributed by atoms with Gasteiger partial charge in [-0.1, -0.05) is 63.8 Å². The van der Waals surface area contributed by atoms with Gasteiger partial charge in [0, 0.05) is 22.2 Å². The van der Waals surface area contributed by atoms with E-state index in [2.05, 4.69) is 93.0 Å². The number of unbranched alkanes of at least 4 members (excludes halogenated alkanes) is 4. The van der Waals surface area contributed by atoms with Gasteiger partial charge < -0.3 is 10.6 Å². The van der Waals surface area contributed by atoms with E-state index in [-0.39, 0.29) is 22.2 Å². The molecule has 2 nitrogen and oxygen atoms in total. The van der Waals surface area contributed by atoms with Crippen molar-refractivity contribution in [1.82, 2.24) is 10.6 Å². The van der Waals surface area contributed by atoms with E-state index in [9.17, 15) is 0 Å². The molecule has 222 valence electrons. The van der Waals surface area contributed by atoms with Crippen LogP contribution in [0.4, 0.5) is 0 Å². The topological polar surface area (TPSA) is 24.1 Å². The van der Waals surface area contributed by atoms with Crippen molar-refractivity contribution in [2.45, 2.75) is 181 Å². The molecule has 1 unspecified atom stereocenters. The summed E-state index contributed by atoms with van der Waals surface area (Å²) in [5.41, 5.74) is 3.97. The lowest BCUT2D eigenvalue weighted by atomic mass is 9.72. The minimum absolute atomic E-state index is 0.229. The smallest absolute Gasteiger partial charge is 0.0132 e. The summed E-state index contributed by atoms with van der Waals surface area (Å²) in [5, 5.41) is 7.67. The summed E-state index contributed by atoms with van der Waals surface area (Å²) in [5.74, 6) is 2.99. The molecule has 2 rings (SSSR count). The first kappa shape index (κ1) is 33.6. The maximum Gasteiger partial charge on any atom is 0.0132 e. The van der Waals surface area contributed by atoms with E-state index >= 15 is 0 Å². The average Bonchev–Trinajstić information content (AvgIpc) is 2.66. The van der Waals surface area contributed by atoms with Crippen LogP contribution in [-0.2, 0) is 0 Å². The van der Waals surface area contributed by atoms with Gasteiger partial charge in [-0.2, -0.15) is 0 Å². The van der Waals surface area contributed by atoms with Crippen LogP contribution in [-0.4, -0.2) is 22.2 Å². The van der Waals surface area contributed by atoms with Crippen molar-refractivity contribution >= 4 is 0 Å². The van der Waals surface area contributed by atoms with Crippen LogP contribution in [0.15, 0.2) is 24.3 Å². The van der Waals surface area contributed by atoms with Crippen molar-refractivity contribution in [3.05, 3.63) is 24.3 Å². The molecule has 2 fully saturated rings. The summed E-state index contributed by atoms with van der Waals surface area (Å²) in [6.07, 6.45) is 18.2. The maximum atomic E-state index is 4.68. The van der Waals surface area contributed by atoms with Gasteiger partial charge in [0.2, 0.25) is 0 Å². The number of piperidine rings is 2. The van der Waals surface area contributed by atoms with Gasteiger partial charge >= 0.3 is 0 Å². The zero-order valence-corrected chi connectivity index (χ0v) is 27.6. The Labute approximate surface area is 239 Å². The molecule has 0 spiro atoms. The van der Waals surface area contributed by atoms with E-state index in [0.29, 0.717) is 5.92 Å². The van der Waals surface area contributed by atoms with Crippen LogP contribution in [0.1, 0.15) is 159 Å². The average molecular weight is 529 g/mol. The van der Waals surface area contributed by atoms with Crippen LogP contribution in [0, 0.1) is 23.7 Å². The molecule has 2 aliphatic heterocycles. The zero-order valence-electron chi connectivity index (χ0n) is 27.6. The molecule has 2 N–H and O–H groups in total. The second-order valence-electron chi connectivity index (χ2n) is 16.8. The highest BCUT2D eigenvalue weighted by Crippen LogP contribution is 2.39. The van der Waals surface area contributed by atoms with Gasteiger partial charge in [-0.15, -0.1) is 0 Å². The monoisotopic (exact) mass is 529 g/mol. The molecule has 2 heterocycles. The third-order valence-corrected chi connectivity index (χ3v) is 9.09.